The number of azide groups is 1. The molecule has 0 bridgehead atoms. The molecule has 0 amide bonds. The highest BCUT2D eigenvalue weighted by atomic mass is 16.8. The highest BCUT2D eigenvalue weighted by Gasteiger charge is 2.49. The van der Waals surface area contributed by atoms with Crippen molar-refractivity contribution in [2.75, 3.05) is 13.2 Å². The van der Waals surface area contributed by atoms with Gasteiger partial charge in [0.2, 0.25) is 0 Å². The molecule has 2 fully saturated rings. The summed E-state index contributed by atoms with van der Waals surface area (Å²) in [6.45, 7) is -1.37. The first-order valence-corrected chi connectivity index (χ1v) is 7.48. The van der Waals surface area contributed by atoms with Gasteiger partial charge in [-0.25, -0.2) is 0 Å². The van der Waals surface area contributed by atoms with Crippen LogP contribution in [0.4, 0.5) is 0 Å². The average molecular weight is 367 g/mol. The Balaban J connectivity index is 2.18. The zero-order valence-electron chi connectivity index (χ0n) is 12.9. The predicted octanol–water partition coefficient (Wildman–Crippen LogP) is -4.08. The number of hydrogen-bond acceptors (Lipinski definition) is 11. The molecule has 0 aliphatic carbocycles. The SMILES string of the molecule is [N-]=[N+]=N[C@@H]1[C@@H](O[C@H]2O[C@H](CO)[C@@H](O)[C@H](O)[C@H]2O)O[C@H](CO)[C@@H](O)[C@@H]1O. The van der Waals surface area contributed by atoms with Gasteiger partial charge in [-0.05, 0) is 5.53 Å². The van der Waals surface area contributed by atoms with Gasteiger partial charge in [0.1, 0.15) is 42.7 Å². The molecular formula is C12H21N3O10. The Labute approximate surface area is 141 Å². The van der Waals surface area contributed by atoms with Crippen molar-refractivity contribution in [1.29, 1.82) is 0 Å². The van der Waals surface area contributed by atoms with E-state index >= 15 is 0 Å². The van der Waals surface area contributed by atoms with Crippen LogP contribution in [0.2, 0.25) is 0 Å². The molecule has 2 rings (SSSR count). The third kappa shape index (κ3) is 4.02. The number of aliphatic hydroxyl groups excluding tert-OH is 7. The maximum Gasteiger partial charge on any atom is 0.189 e. The standard InChI is InChI=1S/C12H21N3O10/c13-15-14-5-8(20)6(18)3(1-16)23-11(5)25-12-10(22)9(21)7(19)4(2-17)24-12/h3-12,16-22H,1-2H2/t3-,4-,5+,6-,7-,8-,9+,10-,11-,12-/m1/s1. The van der Waals surface area contributed by atoms with Crippen LogP contribution < -0.4 is 0 Å². The summed E-state index contributed by atoms with van der Waals surface area (Å²) in [5.41, 5.74) is 8.60. The molecule has 2 aliphatic rings. The van der Waals surface area contributed by atoms with Gasteiger partial charge < -0.3 is 50.0 Å². The quantitative estimate of drug-likeness (QED) is 0.141. The summed E-state index contributed by atoms with van der Waals surface area (Å²) in [5, 5.41) is 70.8. The van der Waals surface area contributed by atoms with Crippen LogP contribution >= 0.6 is 0 Å². The molecule has 0 spiro atoms. The fourth-order valence-electron chi connectivity index (χ4n) is 2.67. The second-order valence-corrected chi connectivity index (χ2v) is 5.74. The molecule has 2 saturated heterocycles. The first-order chi connectivity index (χ1) is 11.8. The number of ether oxygens (including phenoxy) is 3. The number of nitrogens with zero attached hydrogens (tertiary/aromatic N) is 3. The molecule has 7 N–H and O–H groups in total. The van der Waals surface area contributed by atoms with E-state index in [1.807, 2.05) is 0 Å². The third-order valence-corrected chi connectivity index (χ3v) is 4.15. The second-order valence-electron chi connectivity index (χ2n) is 5.74. The molecule has 0 radical (unpaired) electrons. The van der Waals surface area contributed by atoms with E-state index < -0.39 is 74.6 Å². The molecule has 0 aromatic heterocycles. The van der Waals surface area contributed by atoms with Crippen LogP contribution in [-0.4, -0.2) is 110 Å². The van der Waals surface area contributed by atoms with Gasteiger partial charge in [-0.15, -0.1) is 0 Å². The van der Waals surface area contributed by atoms with Gasteiger partial charge in [-0.1, -0.05) is 5.11 Å². The molecule has 2 heterocycles. The van der Waals surface area contributed by atoms with Crippen molar-refractivity contribution in [3.8, 4) is 0 Å². The van der Waals surface area contributed by atoms with E-state index in [0.717, 1.165) is 0 Å². The Morgan fingerprint density at radius 1 is 0.800 bits per heavy atom. The van der Waals surface area contributed by atoms with Crippen LogP contribution in [0.3, 0.4) is 0 Å². The summed E-state index contributed by atoms with van der Waals surface area (Å²) >= 11 is 0. The Morgan fingerprint density at radius 3 is 1.84 bits per heavy atom. The molecule has 13 nitrogen and oxygen atoms in total. The van der Waals surface area contributed by atoms with Crippen LogP contribution in [-0.2, 0) is 14.2 Å². The molecule has 2 aliphatic heterocycles. The van der Waals surface area contributed by atoms with Crippen LogP contribution in [0.1, 0.15) is 0 Å². The zero-order chi connectivity index (χ0) is 18.7. The minimum Gasteiger partial charge on any atom is -0.394 e. The Kier molecular flexibility index (Phi) is 6.90. The maximum absolute atomic E-state index is 10.0. The summed E-state index contributed by atoms with van der Waals surface area (Å²) < 4.78 is 15.6. The van der Waals surface area contributed by atoms with E-state index in [1.165, 1.54) is 0 Å². The van der Waals surface area contributed by atoms with Gasteiger partial charge in [0.25, 0.3) is 0 Å². The Hall–Kier alpha value is -1.09. The maximum atomic E-state index is 10.0. The molecule has 0 aromatic carbocycles. The van der Waals surface area contributed by atoms with Gasteiger partial charge in [0.05, 0.1) is 19.3 Å². The molecule has 144 valence electrons. The van der Waals surface area contributed by atoms with E-state index in [4.69, 9.17) is 24.8 Å². The Morgan fingerprint density at radius 2 is 1.32 bits per heavy atom. The zero-order valence-corrected chi connectivity index (χ0v) is 12.9. The van der Waals surface area contributed by atoms with Crippen LogP contribution in [0, 0.1) is 0 Å². The first kappa shape index (κ1) is 20.2. The van der Waals surface area contributed by atoms with Crippen molar-refractivity contribution < 1.29 is 50.0 Å². The summed E-state index contributed by atoms with van der Waals surface area (Å²) in [6, 6.07) is -1.45. The summed E-state index contributed by atoms with van der Waals surface area (Å²) in [4.78, 5) is 2.51. The molecule has 0 saturated carbocycles. The Bertz CT molecular complexity index is 490. The lowest BCUT2D eigenvalue weighted by Crippen LogP contribution is -2.63. The van der Waals surface area contributed by atoms with Crippen molar-refractivity contribution in [3.63, 3.8) is 0 Å². The molecule has 25 heavy (non-hydrogen) atoms. The van der Waals surface area contributed by atoms with Crippen LogP contribution in [0.25, 0.3) is 10.4 Å². The molecule has 10 atom stereocenters. The number of rotatable bonds is 5. The summed E-state index contributed by atoms with van der Waals surface area (Å²) in [6.07, 6.45) is -13.9. The summed E-state index contributed by atoms with van der Waals surface area (Å²) in [5.74, 6) is 0. The van der Waals surface area contributed by atoms with Crippen LogP contribution in [0.5, 0.6) is 0 Å². The molecule has 0 aromatic rings. The minimum absolute atomic E-state index is 0.684. The molecule has 0 unspecified atom stereocenters. The normalized spacial score (nSPS) is 48.0. The highest BCUT2D eigenvalue weighted by Crippen LogP contribution is 2.29. The lowest BCUT2D eigenvalue weighted by Gasteiger charge is -2.44. The van der Waals surface area contributed by atoms with E-state index in [1.54, 1.807) is 0 Å². The lowest BCUT2D eigenvalue weighted by molar-refractivity contribution is -0.361. The van der Waals surface area contributed by atoms with Gasteiger partial charge in [-0.2, -0.15) is 0 Å². The lowest BCUT2D eigenvalue weighted by atomic mass is 9.97. The number of aliphatic hydroxyl groups is 7. The summed E-state index contributed by atoms with van der Waals surface area (Å²) in [7, 11) is 0. The highest BCUT2D eigenvalue weighted by molar-refractivity contribution is 4.95. The predicted molar refractivity (Wildman–Crippen MR) is 75.5 cm³/mol. The average Bonchev–Trinajstić information content (AvgIpc) is 2.61. The monoisotopic (exact) mass is 367 g/mol. The van der Waals surface area contributed by atoms with Gasteiger partial charge >= 0.3 is 0 Å². The third-order valence-electron chi connectivity index (χ3n) is 4.15. The van der Waals surface area contributed by atoms with Gasteiger partial charge in [0.15, 0.2) is 12.6 Å². The van der Waals surface area contributed by atoms with Gasteiger partial charge in [0, 0.05) is 4.91 Å². The van der Waals surface area contributed by atoms with Crippen molar-refractivity contribution in [1.82, 2.24) is 0 Å². The first-order valence-electron chi connectivity index (χ1n) is 7.48. The van der Waals surface area contributed by atoms with E-state index in [0.29, 0.717) is 0 Å². The minimum atomic E-state index is -1.75. The fourth-order valence-corrected chi connectivity index (χ4v) is 2.67. The fraction of sp³-hybridized carbons (Fsp3) is 1.00. The van der Waals surface area contributed by atoms with E-state index in [-0.39, 0.29) is 0 Å². The van der Waals surface area contributed by atoms with Crippen molar-refractivity contribution in [2.45, 2.75) is 61.3 Å². The van der Waals surface area contributed by atoms with E-state index in [2.05, 4.69) is 10.0 Å². The largest absolute Gasteiger partial charge is 0.394 e. The van der Waals surface area contributed by atoms with Gasteiger partial charge in [-0.3, -0.25) is 0 Å². The second kappa shape index (κ2) is 8.53. The topological polar surface area (TPSA) is 218 Å². The molecular weight excluding hydrogens is 346 g/mol. The molecule has 13 heteroatoms. The van der Waals surface area contributed by atoms with E-state index in [9.17, 15) is 30.6 Å². The van der Waals surface area contributed by atoms with Crippen LogP contribution in [0.15, 0.2) is 5.11 Å². The van der Waals surface area contributed by atoms with Crippen molar-refractivity contribution >= 4 is 0 Å². The number of hydrogen-bond donors (Lipinski definition) is 7. The van der Waals surface area contributed by atoms with Crippen molar-refractivity contribution in [3.05, 3.63) is 10.4 Å². The van der Waals surface area contributed by atoms with Crippen molar-refractivity contribution in [2.24, 2.45) is 5.11 Å². The smallest absolute Gasteiger partial charge is 0.189 e.